The number of aryl methyl sites for hydroxylation is 1. The number of pyridine rings is 1. The zero-order valence-electron chi connectivity index (χ0n) is 20.5. The molecule has 0 saturated carbocycles. The summed E-state index contributed by atoms with van der Waals surface area (Å²) in [4.78, 5) is 0. The minimum absolute atomic E-state index is 0.111. The lowest BCUT2D eigenvalue weighted by atomic mass is 10.2. The Hall–Kier alpha value is -1.49. The Kier molecular flexibility index (Phi) is 2.22. The second-order valence-electron chi connectivity index (χ2n) is 3.51. The predicted octanol–water partition coefficient (Wildman–Crippen LogP) is 2.99. The van der Waals surface area contributed by atoms with Crippen LogP contribution in [0.1, 0.15) is 46.1 Å². The van der Waals surface area contributed by atoms with Gasteiger partial charge in [-0.25, -0.2) is 4.57 Å². The van der Waals surface area contributed by atoms with E-state index in [1.165, 1.54) is 0 Å². The van der Waals surface area contributed by atoms with Crippen molar-refractivity contribution < 1.29 is 23.0 Å². The normalized spacial score (nSPS) is 22.2. The van der Waals surface area contributed by atoms with Crippen molar-refractivity contribution in [3.8, 4) is 17.1 Å². The Labute approximate surface area is 132 Å². The van der Waals surface area contributed by atoms with Crippen LogP contribution in [0.25, 0.3) is 11.3 Å². The first kappa shape index (κ1) is 5.87. The number of hydrogen-bond donors (Lipinski definition) is 0. The molecule has 0 N–H and O–H groups in total. The maximum absolute atomic E-state index is 8.02. The molecular weight excluding hydrogens is 258 g/mol. The minimum atomic E-state index is -3.61. The van der Waals surface area contributed by atoms with Crippen molar-refractivity contribution in [2.24, 2.45) is 7.05 Å². The fourth-order valence-electron chi connectivity index (χ4n) is 1.34. The lowest BCUT2D eigenvalue weighted by Crippen LogP contribution is -2.26. The molecule has 2 rings (SSSR count). The molecule has 4 nitrogen and oxygen atoms in total. The Morgan fingerprint density at radius 2 is 2.26 bits per heavy atom. The number of nitrogens with zero attached hydrogens (tertiary/aromatic N) is 3. The van der Waals surface area contributed by atoms with Gasteiger partial charge < -0.3 is 4.74 Å². The average Bonchev–Trinajstić information content (AvgIpc) is 3.00. The Balaban J connectivity index is 2.45. The van der Waals surface area contributed by atoms with E-state index < -0.39 is 32.1 Å². The van der Waals surface area contributed by atoms with Crippen molar-refractivity contribution in [2.45, 2.75) is 32.4 Å². The Morgan fingerprint density at radius 3 is 3.05 bits per heavy atom. The molecule has 0 radical (unpaired) electrons. The van der Waals surface area contributed by atoms with E-state index in [-0.39, 0.29) is 11.6 Å². The summed E-state index contributed by atoms with van der Waals surface area (Å²) in [6.07, 6.45) is -9.99. The summed E-state index contributed by atoms with van der Waals surface area (Å²) in [6, 6.07) is 3.35. The van der Waals surface area contributed by atoms with Gasteiger partial charge in [0.2, 0.25) is 0 Å². The molecule has 0 aliphatic heterocycles. The zero-order valence-corrected chi connectivity index (χ0v) is 11.3. The lowest BCUT2D eigenvalue weighted by Gasteiger charge is -2.04. The van der Waals surface area contributed by atoms with Gasteiger partial charge in [-0.2, -0.15) is 4.37 Å². The first-order chi connectivity index (χ1) is 13.0. The highest BCUT2D eigenvalue weighted by molar-refractivity contribution is 6.99. The summed E-state index contributed by atoms with van der Waals surface area (Å²) in [7, 11) is 1.75. The highest BCUT2D eigenvalue weighted by Crippen LogP contribution is 2.26. The minimum Gasteiger partial charge on any atom is -0.475 e. The van der Waals surface area contributed by atoms with Crippen LogP contribution in [-0.2, 0) is 7.05 Å². The summed E-state index contributed by atoms with van der Waals surface area (Å²) >= 11 is 0.684. The van der Waals surface area contributed by atoms with E-state index in [2.05, 4.69) is 8.75 Å². The third-order valence-electron chi connectivity index (χ3n) is 2.12. The molecule has 2 aromatic rings. The van der Waals surface area contributed by atoms with Crippen LogP contribution in [-0.4, -0.2) is 15.3 Å². The molecule has 102 valence electrons. The highest BCUT2D eigenvalue weighted by Gasteiger charge is 2.14. The van der Waals surface area contributed by atoms with Crippen molar-refractivity contribution in [1.82, 2.24) is 8.75 Å². The van der Waals surface area contributed by atoms with Crippen LogP contribution in [0.3, 0.4) is 0 Å². The fraction of sp³-hybridized carbons (Fsp3) is 0.500. The predicted molar refractivity (Wildman–Crippen MR) is 76.2 cm³/mol. The van der Waals surface area contributed by atoms with Gasteiger partial charge in [0, 0.05) is 17.0 Å². The van der Waals surface area contributed by atoms with E-state index in [9.17, 15) is 0 Å². The molecule has 0 saturated heterocycles. The third-order valence-corrected chi connectivity index (χ3v) is 2.63. The van der Waals surface area contributed by atoms with Crippen molar-refractivity contribution in [2.75, 3.05) is 6.56 Å². The maximum Gasteiger partial charge on any atom is 0.254 e. The second kappa shape index (κ2) is 7.19. The van der Waals surface area contributed by atoms with E-state index >= 15 is 0 Å². The van der Waals surface area contributed by atoms with Gasteiger partial charge in [0.1, 0.15) is 7.05 Å². The zero-order chi connectivity index (χ0) is 22.5. The molecule has 19 heavy (non-hydrogen) atoms. The second-order valence-corrected chi connectivity index (χ2v) is 4.03. The molecule has 0 aliphatic carbocycles. The average molecular weight is 288 g/mol. The molecule has 0 aliphatic rings. The van der Waals surface area contributed by atoms with Gasteiger partial charge in [0.05, 0.1) is 26.6 Å². The van der Waals surface area contributed by atoms with Crippen LogP contribution in [0, 0.1) is 0 Å². The van der Waals surface area contributed by atoms with E-state index in [0.717, 1.165) is 6.92 Å². The number of hydrogen-bond acceptors (Lipinski definition) is 4. The van der Waals surface area contributed by atoms with Gasteiger partial charge in [-0.05, 0) is 12.4 Å². The molecule has 0 unspecified atom stereocenters. The molecule has 0 aromatic carbocycles. The maximum atomic E-state index is 8.02. The van der Waals surface area contributed by atoms with Gasteiger partial charge >= 0.3 is 0 Å². The van der Waals surface area contributed by atoms with E-state index in [0.29, 0.717) is 17.3 Å². The summed E-state index contributed by atoms with van der Waals surface area (Å²) in [5.74, 6) is -0.383. The van der Waals surface area contributed by atoms with Gasteiger partial charge in [-0.3, -0.25) is 0 Å². The lowest BCUT2D eigenvalue weighted by molar-refractivity contribution is -0.671. The fourth-order valence-corrected chi connectivity index (χ4v) is 1.85. The first-order valence-corrected chi connectivity index (χ1v) is 6.16. The summed E-state index contributed by atoms with van der Waals surface area (Å²) in [6.45, 7) is -2.65. The largest absolute Gasteiger partial charge is 0.475 e. The quantitative estimate of drug-likeness (QED) is 0.735. The van der Waals surface area contributed by atoms with Crippen molar-refractivity contribution >= 4 is 11.7 Å². The molecule has 0 atom stereocenters. The highest BCUT2D eigenvalue weighted by atomic mass is 32.1. The van der Waals surface area contributed by atoms with E-state index in [1.807, 2.05) is 0 Å². The first-order valence-electron chi connectivity index (χ1n) is 10.4. The Bertz CT molecular complexity index is 881. The van der Waals surface area contributed by atoms with E-state index in [1.54, 1.807) is 36.1 Å². The van der Waals surface area contributed by atoms with Crippen LogP contribution >= 0.6 is 11.7 Å². The molecule has 2 heterocycles. The van der Waals surface area contributed by atoms with Gasteiger partial charge in [0.25, 0.3) is 5.88 Å². The van der Waals surface area contributed by atoms with Crippen LogP contribution < -0.4 is 9.30 Å². The van der Waals surface area contributed by atoms with E-state index in [4.69, 9.17) is 18.4 Å². The third kappa shape index (κ3) is 3.99. The molecule has 5 heteroatoms. The molecular formula is C14H20N3OS+. The smallest absolute Gasteiger partial charge is 0.254 e. The van der Waals surface area contributed by atoms with Crippen molar-refractivity contribution in [3.63, 3.8) is 0 Å². The SMILES string of the molecule is [2H]C([2H])(C)C([2H])([2H])C([2H])([2H])C([2H])([2H])C([2H])([2H])Oc1nsnc1-c1ccc[n+](C)c1. The summed E-state index contributed by atoms with van der Waals surface area (Å²) in [5, 5.41) is 0. The topological polar surface area (TPSA) is 38.9 Å². The van der Waals surface area contributed by atoms with Crippen LogP contribution in [0.15, 0.2) is 24.5 Å². The molecule has 0 bridgehead atoms. The van der Waals surface area contributed by atoms with Crippen LogP contribution in [0.2, 0.25) is 0 Å². The van der Waals surface area contributed by atoms with Gasteiger partial charge in [-0.1, -0.05) is 26.0 Å². The van der Waals surface area contributed by atoms with Crippen LogP contribution in [0.5, 0.6) is 5.88 Å². The summed E-state index contributed by atoms with van der Waals surface area (Å²) < 4.78 is 93.2. The molecule has 0 amide bonds. The molecule has 2 aromatic heterocycles. The number of ether oxygens (including phenoxy) is 1. The number of aromatic nitrogens is 3. The van der Waals surface area contributed by atoms with Crippen LogP contribution in [0.4, 0.5) is 0 Å². The van der Waals surface area contributed by atoms with Gasteiger partial charge in [0.15, 0.2) is 18.1 Å². The standard InChI is InChI=1S/C14H20N3OS/c1-3-4-5-6-10-18-14-13(15-19-16-14)12-8-7-9-17(2)11-12/h7-9,11H,3-6,10H2,1-2H3/q+1/i3D2,4D2,5D2,6D2,10D2. The summed E-state index contributed by atoms with van der Waals surface area (Å²) in [5.41, 5.74) is 0.610. The monoisotopic (exact) mass is 288 g/mol. The molecule has 0 spiro atoms. The van der Waals surface area contributed by atoms with Crippen molar-refractivity contribution in [3.05, 3.63) is 24.5 Å². The number of rotatable bonds is 7. The molecule has 0 fully saturated rings. The Morgan fingerprint density at radius 1 is 1.37 bits per heavy atom. The van der Waals surface area contributed by atoms with Gasteiger partial charge in [-0.15, -0.1) is 4.37 Å². The van der Waals surface area contributed by atoms with Crippen molar-refractivity contribution in [1.29, 1.82) is 0 Å².